The van der Waals surface area contributed by atoms with Crippen LogP contribution in [0.15, 0.2) is 47.6 Å². The molecule has 116 valence electrons. The van der Waals surface area contributed by atoms with Crippen LogP contribution in [0.4, 0.5) is 5.82 Å². The Bertz CT molecular complexity index is 874. The Balaban J connectivity index is 1.85. The third kappa shape index (κ3) is 3.45. The van der Waals surface area contributed by atoms with Gasteiger partial charge < -0.3 is 4.74 Å². The first-order valence-electron chi connectivity index (χ1n) is 7.34. The number of nitrogens with one attached hydrogen (secondary N) is 1. The summed E-state index contributed by atoms with van der Waals surface area (Å²) in [5.74, 6) is 1.47. The quantitative estimate of drug-likeness (QED) is 0.590. The fourth-order valence-electron chi connectivity index (χ4n) is 2.37. The molecule has 2 aromatic heterocycles. The van der Waals surface area contributed by atoms with Gasteiger partial charge in [0.05, 0.1) is 24.5 Å². The molecule has 0 atom stereocenters. The zero-order valence-electron chi connectivity index (χ0n) is 13.4. The van der Waals surface area contributed by atoms with Gasteiger partial charge in [0.2, 0.25) is 0 Å². The largest absolute Gasteiger partial charge is 0.497 e. The summed E-state index contributed by atoms with van der Waals surface area (Å²) in [7, 11) is 1.65. The number of hydrogen-bond donors (Lipinski definition) is 1. The molecule has 0 unspecified atom stereocenters. The highest BCUT2D eigenvalue weighted by Gasteiger charge is 2.04. The van der Waals surface area contributed by atoms with Crippen LogP contribution in [-0.2, 0) is 0 Å². The number of hydrogen-bond acceptors (Lipinski definition) is 5. The highest BCUT2D eigenvalue weighted by atomic mass is 16.5. The second kappa shape index (κ2) is 6.44. The number of anilines is 1. The Kier molecular flexibility index (Phi) is 4.19. The van der Waals surface area contributed by atoms with Crippen LogP contribution in [0.5, 0.6) is 5.75 Å². The van der Waals surface area contributed by atoms with Crippen molar-refractivity contribution in [2.75, 3.05) is 12.5 Å². The monoisotopic (exact) mass is 306 g/mol. The number of hydrazone groups is 1. The van der Waals surface area contributed by atoms with Gasteiger partial charge in [0.1, 0.15) is 11.6 Å². The second-order valence-electron chi connectivity index (χ2n) is 5.28. The van der Waals surface area contributed by atoms with Gasteiger partial charge in [0.25, 0.3) is 0 Å². The number of nitrogens with zero attached hydrogens (tertiary/aromatic N) is 3. The summed E-state index contributed by atoms with van der Waals surface area (Å²) in [5.41, 5.74) is 6.72. The molecule has 0 aliphatic heterocycles. The van der Waals surface area contributed by atoms with Crippen LogP contribution < -0.4 is 10.2 Å². The molecule has 5 nitrogen and oxygen atoms in total. The van der Waals surface area contributed by atoms with Crippen molar-refractivity contribution in [3.05, 3.63) is 59.4 Å². The van der Waals surface area contributed by atoms with E-state index >= 15 is 0 Å². The van der Waals surface area contributed by atoms with E-state index in [4.69, 9.17) is 4.74 Å². The van der Waals surface area contributed by atoms with Gasteiger partial charge in [-0.3, -0.25) is 10.4 Å². The van der Waals surface area contributed by atoms with Gasteiger partial charge in [-0.2, -0.15) is 5.10 Å². The van der Waals surface area contributed by atoms with Crippen LogP contribution >= 0.6 is 0 Å². The van der Waals surface area contributed by atoms with E-state index in [0.717, 1.165) is 33.6 Å². The first-order valence-corrected chi connectivity index (χ1v) is 7.34. The molecule has 0 amide bonds. The summed E-state index contributed by atoms with van der Waals surface area (Å²) >= 11 is 0. The van der Waals surface area contributed by atoms with Gasteiger partial charge in [0.15, 0.2) is 0 Å². The molecule has 0 saturated carbocycles. The Morgan fingerprint density at radius 1 is 1.09 bits per heavy atom. The zero-order valence-corrected chi connectivity index (χ0v) is 13.4. The predicted octanol–water partition coefficient (Wildman–Crippen LogP) is 3.70. The average molecular weight is 306 g/mol. The standard InChI is InChI=1S/C18H18N4O/c1-12-9-18(21-17-10-15(23-3)7-8-16(12)17)22-19-11-14-6-4-5-13(2)20-14/h4-11H,1-3H3,(H,21,22)/b19-11-. The molecule has 5 heteroatoms. The van der Waals surface area contributed by atoms with E-state index < -0.39 is 0 Å². The van der Waals surface area contributed by atoms with Crippen molar-refractivity contribution in [3.63, 3.8) is 0 Å². The van der Waals surface area contributed by atoms with Crippen molar-refractivity contribution >= 4 is 22.9 Å². The molecule has 0 saturated heterocycles. The maximum Gasteiger partial charge on any atom is 0.147 e. The lowest BCUT2D eigenvalue weighted by atomic mass is 10.1. The first kappa shape index (κ1) is 15.0. The topological polar surface area (TPSA) is 59.4 Å². The Labute approximate surface area is 135 Å². The Morgan fingerprint density at radius 3 is 2.74 bits per heavy atom. The molecule has 0 aliphatic rings. The van der Waals surface area contributed by atoms with E-state index in [1.54, 1.807) is 13.3 Å². The van der Waals surface area contributed by atoms with E-state index in [9.17, 15) is 0 Å². The maximum atomic E-state index is 5.25. The first-order chi connectivity index (χ1) is 11.2. The zero-order chi connectivity index (χ0) is 16.2. The molecule has 0 radical (unpaired) electrons. The normalized spacial score (nSPS) is 11.1. The van der Waals surface area contributed by atoms with E-state index in [-0.39, 0.29) is 0 Å². The second-order valence-corrected chi connectivity index (χ2v) is 5.28. The van der Waals surface area contributed by atoms with Gasteiger partial charge in [-0.05, 0) is 49.7 Å². The molecule has 0 spiro atoms. The van der Waals surface area contributed by atoms with Crippen LogP contribution in [-0.4, -0.2) is 23.3 Å². The summed E-state index contributed by atoms with van der Waals surface area (Å²) < 4.78 is 5.25. The van der Waals surface area contributed by atoms with Crippen molar-refractivity contribution in [1.29, 1.82) is 0 Å². The third-order valence-electron chi connectivity index (χ3n) is 3.51. The summed E-state index contributed by atoms with van der Waals surface area (Å²) in [5, 5.41) is 5.31. The summed E-state index contributed by atoms with van der Waals surface area (Å²) in [6.45, 7) is 4.00. The van der Waals surface area contributed by atoms with Crippen molar-refractivity contribution in [1.82, 2.24) is 9.97 Å². The van der Waals surface area contributed by atoms with Gasteiger partial charge in [-0.15, -0.1) is 0 Å². The van der Waals surface area contributed by atoms with Crippen molar-refractivity contribution in [2.24, 2.45) is 5.10 Å². The van der Waals surface area contributed by atoms with E-state index in [1.165, 1.54) is 0 Å². The molecule has 1 N–H and O–H groups in total. The predicted molar refractivity (Wildman–Crippen MR) is 93.2 cm³/mol. The van der Waals surface area contributed by atoms with Crippen LogP contribution in [0.2, 0.25) is 0 Å². The number of aromatic nitrogens is 2. The minimum absolute atomic E-state index is 0.687. The number of rotatable bonds is 4. The molecule has 3 rings (SSSR count). The molecule has 0 bridgehead atoms. The molecule has 0 fully saturated rings. The number of aryl methyl sites for hydroxylation is 2. The summed E-state index contributed by atoms with van der Waals surface area (Å²) in [6, 6.07) is 13.6. The Hall–Kier alpha value is -2.95. The highest BCUT2D eigenvalue weighted by molar-refractivity contribution is 5.85. The number of methoxy groups -OCH3 is 1. The molecular formula is C18H18N4O. The SMILES string of the molecule is COc1ccc2c(C)cc(N/N=C\c3cccc(C)n3)nc2c1. The average Bonchev–Trinajstić information content (AvgIpc) is 2.54. The maximum absolute atomic E-state index is 5.25. The number of fused-ring (bicyclic) bond motifs is 1. The Morgan fingerprint density at radius 2 is 1.96 bits per heavy atom. The number of ether oxygens (including phenoxy) is 1. The highest BCUT2D eigenvalue weighted by Crippen LogP contribution is 2.24. The van der Waals surface area contributed by atoms with Gasteiger partial charge >= 0.3 is 0 Å². The van der Waals surface area contributed by atoms with E-state index in [2.05, 4.69) is 20.5 Å². The van der Waals surface area contributed by atoms with Crippen LogP contribution in [0.25, 0.3) is 10.9 Å². The fraction of sp³-hybridized carbons (Fsp3) is 0.167. The third-order valence-corrected chi connectivity index (χ3v) is 3.51. The summed E-state index contributed by atoms with van der Waals surface area (Å²) in [4.78, 5) is 8.94. The molecule has 2 heterocycles. The minimum Gasteiger partial charge on any atom is -0.497 e. The van der Waals surface area contributed by atoms with Gasteiger partial charge in [0, 0.05) is 17.1 Å². The lowest BCUT2D eigenvalue weighted by molar-refractivity contribution is 0.415. The van der Waals surface area contributed by atoms with Crippen molar-refractivity contribution < 1.29 is 4.74 Å². The van der Waals surface area contributed by atoms with Crippen molar-refractivity contribution in [2.45, 2.75) is 13.8 Å². The number of benzene rings is 1. The minimum atomic E-state index is 0.687. The molecule has 0 aliphatic carbocycles. The van der Waals surface area contributed by atoms with Crippen molar-refractivity contribution in [3.8, 4) is 5.75 Å². The molecule has 3 aromatic rings. The molecule has 23 heavy (non-hydrogen) atoms. The van der Waals surface area contributed by atoms with E-state index in [0.29, 0.717) is 5.82 Å². The van der Waals surface area contributed by atoms with E-state index in [1.807, 2.05) is 56.3 Å². The number of pyridine rings is 2. The lowest BCUT2D eigenvalue weighted by Crippen LogP contribution is -1.97. The van der Waals surface area contributed by atoms with Gasteiger partial charge in [-0.1, -0.05) is 6.07 Å². The fourth-order valence-corrected chi connectivity index (χ4v) is 2.37. The van der Waals surface area contributed by atoms with Crippen LogP contribution in [0.1, 0.15) is 17.0 Å². The van der Waals surface area contributed by atoms with Gasteiger partial charge in [-0.25, -0.2) is 4.98 Å². The molecular weight excluding hydrogens is 288 g/mol. The van der Waals surface area contributed by atoms with Crippen LogP contribution in [0, 0.1) is 13.8 Å². The lowest BCUT2D eigenvalue weighted by Gasteiger charge is -2.07. The molecule has 1 aromatic carbocycles. The summed E-state index contributed by atoms with van der Waals surface area (Å²) in [6.07, 6.45) is 1.68. The smallest absolute Gasteiger partial charge is 0.147 e. The van der Waals surface area contributed by atoms with Crippen LogP contribution in [0.3, 0.4) is 0 Å².